The van der Waals surface area contributed by atoms with Crippen molar-refractivity contribution in [3.8, 4) is 0 Å². The first-order valence-corrected chi connectivity index (χ1v) is 6.13. The van der Waals surface area contributed by atoms with E-state index in [1.54, 1.807) is 0 Å². The number of alkyl halides is 3. The smallest absolute Gasteiger partial charge is 0.389 e. The Morgan fingerprint density at radius 2 is 2.05 bits per heavy atom. The zero-order valence-electron chi connectivity index (χ0n) is 10.8. The third kappa shape index (κ3) is 4.52. The van der Waals surface area contributed by atoms with E-state index in [1.807, 2.05) is 0 Å². The van der Waals surface area contributed by atoms with Crippen LogP contribution in [0.1, 0.15) is 29.5 Å². The fraction of sp³-hybridized carbons (Fsp3) is 0.385. The lowest BCUT2D eigenvalue weighted by molar-refractivity contribution is -0.133. The van der Waals surface area contributed by atoms with Crippen molar-refractivity contribution in [2.45, 2.75) is 31.5 Å². The summed E-state index contributed by atoms with van der Waals surface area (Å²) in [4.78, 5) is 0. The van der Waals surface area contributed by atoms with Gasteiger partial charge < -0.3 is 9.52 Å². The van der Waals surface area contributed by atoms with E-state index < -0.39 is 24.5 Å². The Bertz CT molecular complexity index is 584. The van der Waals surface area contributed by atoms with Gasteiger partial charge >= 0.3 is 6.18 Å². The molecule has 0 aliphatic carbocycles. The Kier molecular flexibility index (Phi) is 4.56. The molecule has 1 aromatic carbocycles. The molecule has 1 heterocycles. The van der Waals surface area contributed by atoms with E-state index in [9.17, 15) is 22.7 Å². The first kappa shape index (κ1) is 15.4. The quantitative estimate of drug-likeness (QED) is 0.863. The van der Waals surface area contributed by atoms with Crippen molar-refractivity contribution in [3.63, 3.8) is 0 Å². The van der Waals surface area contributed by atoms with E-state index in [0.717, 1.165) is 12.5 Å². The number of hydrogen-bond donors (Lipinski definition) is 1. The molecule has 1 aromatic heterocycles. The average molecular weight is 304 g/mol. The minimum Gasteiger partial charge on any atom is -0.428 e. The van der Waals surface area contributed by atoms with Gasteiger partial charge in [-0.3, -0.25) is 0 Å². The summed E-state index contributed by atoms with van der Waals surface area (Å²) in [6.45, 7) is 0. The third-order valence-electron chi connectivity index (χ3n) is 2.89. The summed E-state index contributed by atoms with van der Waals surface area (Å²) in [6, 6.07) is 3.53. The van der Waals surface area contributed by atoms with Gasteiger partial charge in [0.25, 0.3) is 0 Å². The molecular weight excluding hydrogens is 292 g/mol. The van der Waals surface area contributed by atoms with Gasteiger partial charge in [0, 0.05) is 12.0 Å². The zero-order valence-corrected chi connectivity index (χ0v) is 10.8. The van der Waals surface area contributed by atoms with Gasteiger partial charge in [-0.05, 0) is 18.1 Å². The third-order valence-corrected chi connectivity index (χ3v) is 2.89. The normalized spacial score (nSPS) is 13.4. The van der Waals surface area contributed by atoms with E-state index in [-0.39, 0.29) is 24.3 Å². The first-order chi connectivity index (χ1) is 9.85. The maximum absolute atomic E-state index is 13.7. The maximum Gasteiger partial charge on any atom is 0.389 e. The van der Waals surface area contributed by atoms with Gasteiger partial charge in [0.15, 0.2) is 0 Å². The highest BCUT2D eigenvalue weighted by molar-refractivity contribution is 5.27. The van der Waals surface area contributed by atoms with Crippen molar-refractivity contribution < 1.29 is 27.1 Å². The van der Waals surface area contributed by atoms with Crippen LogP contribution in [0.25, 0.3) is 0 Å². The van der Waals surface area contributed by atoms with Gasteiger partial charge in [-0.15, -0.1) is 10.2 Å². The van der Waals surface area contributed by atoms with E-state index in [0.29, 0.717) is 5.56 Å². The Morgan fingerprint density at radius 1 is 1.29 bits per heavy atom. The van der Waals surface area contributed by atoms with Crippen LogP contribution in [0.3, 0.4) is 0 Å². The number of nitrogens with zero attached hydrogens (tertiary/aromatic N) is 2. The molecule has 4 nitrogen and oxygen atoms in total. The second-order valence-corrected chi connectivity index (χ2v) is 4.52. The summed E-state index contributed by atoms with van der Waals surface area (Å²) in [7, 11) is 0. The number of halogens is 4. The second kappa shape index (κ2) is 6.21. The predicted molar refractivity (Wildman–Crippen MR) is 63.7 cm³/mol. The molecule has 0 saturated carbocycles. The lowest BCUT2D eigenvalue weighted by Crippen LogP contribution is -2.10. The molecule has 1 unspecified atom stereocenters. The highest BCUT2D eigenvalue weighted by Gasteiger charge is 2.26. The molecule has 2 rings (SSSR count). The van der Waals surface area contributed by atoms with Gasteiger partial charge in [0.05, 0.1) is 12.5 Å². The van der Waals surface area contributed by atoms with E-state index in [2.05, 4.69) is 10.2 Å². The fourth-order valence-electron chi connectivity index (χ4n) is 1.85. The average Bonchev–Trinajstić information content (AvgIpc) is 2.89. The number of rotatable bonds is 5. The maximum atomic E-state index is 13.7. The van der Waals surface area contributed by atoms with Crippen molar-refractivity contribution >= 4 is 0 Å². The van der Waals surface area contributed by atoms with Crippen molar-refractivity contribution in [1.82, 2.24) is 10.2 Å². The Labute approximate surface area is 117 Å². The van der Waals surface area contributed by atoms with Crippen LogP contribution in [-0.2, 0) is 12.8 Å². The van der Waals surface area contributed by atoms with Crippen LogP contribution in [0.5, 0.6) is 0 Å². The van der Waals surface area contributed by atoms with Crippen molar-refractivity contribution in [1.29, 1.82) is 0 Å². The van der Waals surface area contributed by atoms with Crippen LogP contribution in [0.4, 0.5) is 17.6 Å². The standard InChI is InChI=1S/C13H12F4N2O2/c14-10-2-1-8(3-4-13(15,16)17)5-9(10)11(20)6-12-19-18-7-21-12/h1-2,5,7,11,20H,3-4,6H2. The van der Waals surface area contributed by atoms with Crippen LogP contribution in [0.15, 0.2) is 29.0 Å². The molecule has 0 radical (unpaired) electrons. The fourth-order valence-corrected chi connectivity index (χ4v) is 1.85. The van der Waals surface area contributed by atoms with Gasteiger partial charge in [-0.2, -0.15) is 13.2 Å². The lowest BCUT2D eigenvalue weighted by Gasteiger charge is -2.12. The van der Waals surface area contributed by atoms with Gasteiger partial charge in [-0.1, -0.05) is 12.1 Å². The molecule has 0 spiro atoms. The summed E-state index contributed by atoms with van der Waals surface area (Å²) < 4.78 is 55.1. The summed E-state index contributed by atoms with van der Waals surface area (Å²) in [5.41, 5.74) is 0.209. The van der Waals surface area contributed by atoms with Crippen LogP contribution >= 0.6 is 0 Å². The minimum absolute atomic E-state index is 0.0899. The molecule has 21 heavy (non-hydrogen) atoms. The van der Waals surface area contributed by atoms with Crippen molar-refractivity contribution in [2.24, 2.45) is 0 Å². The summed E-state index contributed by atoms with van der Waals surface area (Å²) in [5, 5.41) is 16.9. The Hall–Kier alpha value is -1.96. The molecule has 8 heteroatoms. The van der Waals surface area contributed by atoms with Gasteiger partial charge in [0.2, 0.25) is 12.3 Å². The molecule has 1 N–H and O–H groups in total. The number of aliphatic hydroxyl groups is 1. The Morgan fingerprint density at radius 3 is 2.67 bits per heavy atom. The molecule has 2 aromatic rings. The molecule has 0 amide bonds. The Balaban J connectivity index is 2.11. The number of benzene rings is 1. The lowest BCUT2D eigenvalue weighted by atomic mass is 10.0. The molecule has 0 aliphatic rings. The second-order valence-electron chi connectivity index (χ2n) is 4.52. The van der Waals surface area contributed by atoms with E-state index >= 15 is 0 Å². The topological polar surface area (TPSA) is 59.2 Å². The van der Waals surface area contributed by atoms with Crippen LogP contribution in [0, 0.1) is 5.82 Å². The molecule has 0 bridgehead atoms. The number of aliphatic hydroxyl groups excluding tert-OH is 1. The van der Waals surface area contributed by atoms with Crippen LogP contribution in [0.2, 0.25) is 0 Å². The molecule has 0 fully saturated rings. The molecular formula is C13H12F4N2O2. The zero-order chi connectivity index (χ0) is 15.5. The van der Waals surface area contributed by atoms with E-state index in [4.69, 9.17) is 4.42 Å². The van der Waals surface area contributed by atoms with Crippen molar-refractivity contribution in [2.75, 3.05) is 0 Å². The van der Waals surface area contributed by atoms with Crippen LogP contribution < -0.4 is 0 Å². The van der Waals surface area contributed by atoms with Gasteiger partial charge in [-0.25, -0.2) is 4.39 Å². The summed E-state index contributed by atoms with van der Waals surface area (Å²) in [5.74, 6) is -0.583. The van der Waals surface area contributed by atoms with Crippen molar-refractivity contribution in [3.05, 3.63) is 47.4 Å². The predicted octanol–water partition coefficient (Wildman–Crippen LogP) is 2.98. The monoisotopic (exact) mass is 304 g/mol. The number of aryl methyl sites for hydroxylation is 1. The SMILES string of the molecule is OC(Cc1nnco1)c1cc(CCC(F)(F)F)ccc1F. The molecule has 0 aliphatic heterocycles. The number of hydrogen-bond acceptors (Lipinski definition) is 4. The summed E-state index contributed by atoms with van der Waals surface area (Å²) >= 11 is 0. The summed E-state index contributed by atoms with van der Waals surface area (Å²) in [6.07, 6.45) is -5.87. The van der Waals surface area contributed by atoms with Gasteiger partial charge in [0.1, 0.15) is 5.82 Å². The van der Waals surface area contributed by atoms with E-state index in [1.165, 1.54) is 12.1 Å². The minimum atomic E-state index is -4.28. The highest BCUT2D eigenvalue weighted by Crippen LogP contribution is 2.25. The number of aromatic nitrogens is 2. The first-order valence-electron chi connectivity index (χ1n) is 6.13. The molecule has 0 saturated heterocycles. The molecule has 1 atom stereocenters. The molecule has 114 valence electrons. The van der Waals surface area contributed by atoms with Crippen LogP contribution in [-0.4, -0.2) is 21.5 Å². The largest absolute Gasteiger partial charge is 0.428 e. The highest BCUT2D eigenvalue weighted by atomic mass is 19.4.